The monoisotopic (exact) mass is 368 g/mol. The highest BCUT2D eigenvalue weighted by Crippen LogP contribution is 2.28. The van der Waals surface area contributed by atoms with Crippen LogP contribution < -0.4 is 5.32 Å². The van der Waals surface area contributed by atoms with Crippen LogP contribution in [0, 0.1) is 0 Å². The van der Waals surface area contributed by atoms with Crippen molar-refractivity contribution in [2.24, 2.45) is 0 Å². The van der Waals surface area contributed by atoms with Crippen molar-refractivity contribution in [3.63, 3.8) is 0 Å². The number of ether oxygens (including phenoxy) is 1. The number of carbonyl (C=O) groups excluding carboxylic acids is 1. The Kier molecular flexibility index (Phi) is 5.79. The Morgan fingerprint density at radius 1 is 1.17 bits per heavy atom. The Bertz CT molecular complexity index is 699. The lowest BCUT2D eigenvalue weighted by molar-refractivity contribution is 0.0162. The van der Waals surface area contributed by atoms with Crippen molar-refractivity contribution in [2.45, 2.75) is 6.04 Å². The first-order valence-corrected chi connectivity index (χ1v) is 8.50. The molecule has 2 heterocycles. The summed E-state index contributed by atoms with van der Waals surface area (Å²) in [6, 6.07) is 10.8. The zero-order valence-electron chi connectivity index (χ0n) is 13.0. The number of amides is 1. The van der Waals surface area contributed by atoms with Gasteiger partial charge in [-0.3, -0.25) is 9.69 Å². The van der Waals surface area contributed by atoms with Gasteiger partial charge in [-0.25, -0.2) is 0 Å². The fraction of sp³-hybridized carbons (Fsp3) is 0.353. The van der Waals surface area contributed by atoms with Gasteiger partial charge in [0.1, 0.15) is 0 Å². The molecule has 5 nitrogen and oxygen atoms in total. The fourth-order valence-corrected chi connectivity index (χ4v) is 3.19. The summed E-state index contributed by atoms with van der Waals surface area (Å²) in [5, 5.41) is 3.78. The molecular weight excluding hydrogens is 351 g/mol. The summed E-state index contributed by atoms with van der Waals surface area (Å²) < 4.78 is 10.6. The lowest BCUT2D eigenvalue weighted by atomic mass is 10.0. The largest absolute Gasteiger partial charge is 0.440 e. The molecule has 1 atom stereocenters. The molecule has 0 bridgehead atoms. The Morgan fingerprint density at radius 3 is 2.58 bits per heavy atom. The molecule has 1 saturated heterocycles. The predicted molar refractivity (Wildman–Crippen MR) is 92.6 cm³/mol. The van der Waals surface area contributed by atoms with E-state index in [1.807, 2.05) is 24.3 Å². The molecule has 1 fully saturated rings. The molecule has 1 aliphatic heterocycles. The van der Waals surface area contributed by atoms with Crippen molar-refractivity contribution in [3.05, 3.63) is 58.0 Å². The molecule has 1 unspecified atom stereocenters. The highest BCUT2D eigenvalue weighted by atomic mass is 35.5. The summed E-state index contributed by atoms with van der Waals surface area (Å²) in [7, 11) is 0. The molecule has 1 aromatic heterocycles. The maximum atomic E-state index is 12.2. The van der Waals surface area contributed by atoms with E-state index in [4.69, 9.17) is 32.4 Å². The minimum absolute atomic E-state index is 0.0306. The SMILES string of the molecule is O=C(NCC(c1ccccc1Cl)N1CCOCC1)c1ccc(Cl)o1. The van der Waals surface area contributed by atoms with Crippen LogP contribution in [0.4, 0.5) is 0 Å². The maximum Gasteiger partial charge on any atom is 0.287 e. The summed E-state index contributed by atoms with van der Waals surface area (Å²) in [6.07, 6.45) is 0. The van der Waals surface area contributed by atoms with E-state index in [9.17, 15) is 4.79 Å². The molecule has 0 radical (unpaired) electrons. The van der Waals surface area contributed by atoms with Crippen molar-refractivity contribution >= 4 is 29.1 Å². The second-order valence-corrected chi connectivity index (χ2v) is 6.28. The molecule has 1 N–H and O–H groups in total. The van der Waals surface area contributed by atoms with Crippen LogP contribution in [-0.4, -0.2) is 43.7 Å². The molecule has 1 amide bonds. The predicted octanol–water partition coefficient (Wildman–Crippen LogP) is 3.39. The lowest BCUT2D eigenvalue weighted by Gasteiger charge is -2.35. The van der Waals surface area contributed by atoms with E-state index in [0.717, 1.165) is 18.7 Å². The van der Waals surface area contributed by atoms with Crippen LogP contribution in [-0.2, 0) is 4.74 Å². The second-order valence-electron chi connectivity index (χ2n) is 5.50. The van der Waals surface area contributed by atoms with E-state index in [0.29, 0.717) is 24.8 Å². The first-order valence-electron chi connectivity index (χ1n) is 7.75. The van der Waals surface area contributed by atoms with E-state index in [-0.39, 0.29) is 22.9 Å². The van der Waals surface area contributed by atoms with Crippen LogP contribution in [0.1, 0.15) is 22.2 Å². The standard InChI is InChI=1S/C17H18Cl2N2O3/c18-13-4-2-1-3-12(13)14(21-7-9-23-10-8-21)11-20-17(22)15-5-6-16(19)24-15/h1-6,14H,7-11H2,(H,20,22). The number of nitrogens with one attached hydrogen (secondary N) is 1. The third-order valence-electron chi connectivity index (χ3n) is 4.00. The zero-order valence-corrected chi connectivity index (χ0v) is 14.5. The Labute approximate surface area is 150 Å². The Morgan fingerprint density at radius 2 is 1.92 bits per heavy atom. The highest BCUT2D eigenvalue weighted by molar-refractivity contribution is 6.31. The Hall–Kier alpha value is -1.53. The van der Waals surface area contributed by atoms with Gasteiger partial charge in [0.2, 0.25) is 0 Å². The number of nitrogens with zero attached hydrogens (tertiary/aromatic N) is 1. The number of benzene rings is 1. The maximum absolute atomic E-state index is 12.2. The fourth-order valence-electron chi connectivity index (χ4n) is 2.78. The minimum atomic E-state index is -0.299. The molecule has 24 heavy (non-hydrogen) atoms. The molecule has 7 heteroatoms. The molecule has 0 aliphatic carbocycles. The molecule has 0 spiro atoms. The highest BCUT2D eigenvalue weighted by Gasteiger charge is 2.25. The average molecular weight is 369 g/mol. The van der Waals surface area contributed by atoms with Gasteiger partial charge in [0.15, 0.2) is 11.0 Å². The third-order valence-corrected chi connectivity index (χ3v) is 4.55. The zero-order chi connectivity index (χ0) is 16.9. The number of furan rings is 1. The van der Waals surface area contributed by atoms with Crippen LogP contribution in [0.5, 0.6) is 0 Å². The van der Waals surface area contributed by atoms with Gasteiger partial charge < -0.3 is 14.5 Å². The van der Waals surface area contributed by atoms with Crippen LogP contribution >= 0.6 is 23.2 Å². The molecule has 0 saturated carbocycles. The van der Waals surface area contributed by atoms with Gasteiger partial charge >= 0.3 is 0 Å². The molecule has 2 aromatic rings. The Balaban J connectivity index is 1.74. The van der Waals surface area contributed by atoms with Gasteiger partial charge in [0.25, 0.3) is 5.91 Å². The van der Waals surface area contributed by atoms with Gasteiger partial charge in [-0.05, 0) is 35.4 Å². The molecule has 128 valence electrons. The topological polar surface area (TPSA) is 54.7 Å². The van der Waals surface area contributed by atoms with Gasteiger partial charge in [-0.1, -0.05) is 29.8 Å². The van der Waals surface area contributed by atoms with Crippen molar-refractivity contribution in [1.82, 2.24) is 10.2 Å². The van der Waals surface area contributed by atoms with E-state index in [2.05, 4.69) is 10.2 Å². The molecule has 3 rings (SSSR count). The first kappa shape index (κ1) is 17.3. The van der Waals surface area contributed by atoms with Gasteiger partial charge in [0.05, 0.1) is 19.3 Å². The summed E-state index contributed by atoms with van der Waals surface area (Å²) in [5.74, 6) is -0.105. The minimum Gasteiger partial charge on any atom is -0.440 e. The summed E-state index contributed by atoms with van der Waals surface area (Å²) >= 11 is 12.1. The van der Waals surface area contributed by atoms with Gasteiger partial charge in [-0.15, -0.1) is 0 Å². The van der Waals surface area contributed by atoms with Crippen LogP contribution in [0.25, 0.3) is 0 Å². The first-order chi connectivity index (χ1) is 11.6. The summed E-state index contributed by atoms with van der Waals surface area (Å²) in [6.45, 7) is 3.34. The van der Waals surface area contributed by atoms with E-state index < -0.39 is 0 Å². The van der Waals surface area contributed by atoms with Crippen molar-refractivity contribution in [1.29, 1.82) is 0 Å². The van der Waals surface area contributed by atoms with Crippen molar-refractivity contribution in [3.8, 4) is 0 Å². The summed E-state index contributed by atoms with van der Waals surface area (Å²) in [5.41, 5.74) is 0.985. The van der Waals surface area contributed by atoms with Gasteiger partial charge in [-0.2, -0.15) is 0 Å². The quantitative estimate of drug-likeness (QED) is 0.878. The summed E-state index contributed by atoms with van der Waals surface area (Å²) in [4.78, 5) is 14.5. The van der Waals surface area contributed by atoms with Gasteiger partial charge in [0, 0.05) is 24.7 Å². The van der Waals surface area contributed by atoms with Crippen molar-refractivity contribution in [2.75, 3.05) is 32.8 Å². The number of rotatable bonds is 5. The second kappa shape index (κ2) is 8.03. The normalized spacial score (nSPS) is 16.8. The van der Waals surface area contributed by atoms with Crippen LogP contribution in [0.15, 0.2) is 40.8 Å². The smallest absolute Gasteiger partial charge is 0.287 e. The van der Waals surface area contributed by atoms with Crippen molar-refractivity contribution < 1.29 is 13.9 Å². The van der Waals surface area contributed by atoms with Crippen LogP contribution in [0.3, 0.4) is 0 Å². The average Bonchev–Trinajstić information content (AvgIpc) is 3.04. The van der Waals surface area contributed by atoms with E-state index in [1.54, 1.807) is 12.1 Å². The molecule has 1 aromatic carbocycles. The number of halogens is 2. The lowest BCUT2D eigenvalue weighted by Crippen LogP contribution is -2.43. The number of hydrogen-bond donors (Lipinski definition) is 1. The molecule has 1 aliphatic rings. The van der Waals surface area contributed by atoms with Crippen LogP contribution in [0.2, 0.25) is 10.2 Å². The van der Waals surface area contributed by atoms with E-state index in [1.165, 1.54) is 0 Å². The van der Waals surface area contributed by atoms with E-state index >= 15 is 0 Å². The number of carbonyl (C=O) groups is 1. The third kappa shape index (κ3) is 4.11. The number of morpholine rings is 1. The molecular formula is C17H18Cl2N2O3. The number of hydrogen-bond acceptors (Lipinski definition) is 4.